The molecule has 0 atom stereocenters. The lowest BCUT2D eigenvalue weighted by molar-refractivity contribution is -0.296. The van der Waals surface area contributed by atoms with Gasteiger partial charge in [-0.1, -0.05) is 0 Å². The van der Waals surface area contributed by atoms with Crippen LogP contribution in [-0.2, 0) is 0 Å². The van der Waals surface area contributed by atoms with Crippen LogP contribution >= 0.6 is 0 Å². The zero-order chi connectivity index (χ0) is 5.21. The van der Waals surface area contributed by atoms with E-state index in [-0.39, 0.29) is 6.04 Å². The van der Waals surface area contributed by atoms with Crippen LogP contribution in [0.2, 0.25) is 6.04 Å². The molecule has 0 aromatic carbocycles. The number of aliphatic hydroxyl groups is 3. The summed E-state index contributed by atoms with van der Waals surface area (Å²) in [4.78, 5) is 0. The molecular weight excluding hydrogens is 100 g/mol. The van der Waals surface area contributed by atoms with Gasteiger partial charge in [0.1, 0.15) is 0 Å². The van der Waals surface area contributed by atoms with E-state index in [1.165, 1.54) is 0 Å². The minimum atomic E-state index is -2.40. The normalized spacial score (nSPS) is 12.5. The van der Waals surface area contributed by atoms with E-state index in [0.717, 1.165) is 0 Å². The third-order valence-corrected chi connectivity index (χ3v) is 1.42. The molecule has 3 nitrogen and oxygen atoms in total. The average molecular weight is 108 g/mol. The van der Waals surface area contributed by atoms with Crippen molar-refractivity contribution in [2.75, 3.05) is 0 Å². The van der Waals surface area contributed by atoms with Crippen LogP contribution in [0.4, 0.5) is 0 Å². The SMILES string of the molecule is OC(O)(O)C[SiH3]. The van der Waals surface area contributed by atoms with Gasteiger partial charge in [0.05, 0.1) is 0 Å². The molecule has 0 aromatic heterocycles. The zero-order valence-electron chi connectivity index (χ0n) is 3.55. The van der Waals surface area contributed by atoms with E-state index in [1.807, 2.05) is 0 Å². The molecule has 0 aromatic rings. The van der Waals surface area contributed by atoms with E-state index in [0.29, 0.717) is 10.2 Å². The van der Waals surface area contributed by atoms with Gasteiger partial charge in [-0.2, -0.15) is 0 Å². The van der Waals surface area contributed by atoms with E-state index in [1.54, 1.807) is 0 Å². The predicted molar refractivity (Wildman–Crippen MR) is 24.1 cm³/mol. The predicted octanol–water partition coefficient (Wildman–Crippen LogP) is -2.60. The Hall–Kier alpha value is 0.0969. The summed E-state index contributed by atoms with van der Waals surface area (Å²) < 4.78 is 0. The first-order valence-electron chi connectivity index (χ1n) is 1.73. The first-order valence-corrected chi connectivity index (χ1v) is 3.15. The molecule has 0 spiro atoms. The first kappa shape index (κ1) is 6.10. The van der Waals surface area contributed by atoms with Crippen LogP contribution < -0.4 is 0 Å². The summed E-state index contributed by atoms with van der Waals surface area (Å²) in [5, 5.41) is 23.9. The lowest BCUT2D eigenvalue weighted by Gasteiger charge is -2.08. The zero-order valence-corrected chi connectivity index (χ0v) is 5.55. The summed E-state index contributed by atoms with van der Waals surface area (Å²) in [5.41, 5.74) is 0. The second kappa shape index (κ2) is 1.70. The summed E-state index contributed by atoms with van der Waals surface area (Å²) >= 11 is 0. The van der Waals surface area contributed by atoms with Gasteiger partial charge in [0.2, 0.25) is 0 Å². The lowest BCUT2D eigenvalue weighted by atomic mass is 10.7. The van der Waals surface area contributed by atoms with Gasteiger partial charge in [0.15, 0.2) is 0 Å². The Bertz CT molecular complexity index is 38.5. The quantitative estimate of drug-likeness (QED) is 0.255. The van der Waals surface area contributed by atoms with E-state index in [4.69, 9.17) is 15.3 Å². The Morgan fingerprint density at radius 2 is 1.50 bits per heavy atom. The van der Waals surface area contributed by atoms with Crippen LogP contribution in [0.5, 0.6) is 0 Å². The highest BCUT2D eigenvalue weighted by Crippen LogP contribution is 1.93. The highest BCUT2D eigenvalue weighted by atomic mass is 28.1. The topological polar surface area (TPSA) is 60.7 Å². The number of hydrogen-bond acceptors (Lipinski definition) is 3. The van der Waals surface area contributed by atoms with Gasteiger partial charge < -0.3 is 15.3 Å². The van der Waals surface area contributed by atoms with Gasteiger partial charge in [-0.05, 0) is 0 Å². The first-order chi connectivity index (χ1) is 2.56. The molecule has 0 bridgehead atoms. The summed E-state index contributed by atoms with van der Waals surface area (Å²) in [6.07, 6.45) is 0. The van der Waals surface area contributed by atoms with E-state index >= 15 is 0 Å². The third-order valence-electron chi connectivity index (χ3n) is 0.474. The van der Waals surface area contributed by atoms with Gasteiger partial charge in [-0.25, -0.2) is 0 Å². The molecule has 3 N–H and O–H groups in total. The van der Waals surface area contributed by atoms with Crippen LogP contribution in [0.15, 0.2) is 0 Å². The van der Waals surface area contributed by atoms with Crippen molar-refractivity contribution < 1.29 is 15.3 Å². The molecule has 0 fully saturated rings. The monoisotopic (exact) mass is 108 g/mol. The van der Waals surface area contributed by atoms with Crippen molar-refractivity contribution in [2.24, 2.45) is 0 Å². The van der Waals surface area contributed by atoms with Crippen molar-refractivity contribution >= 4 is 10.2 Å². The molecule has 0 aliphatic rings. The Morgan fingerprint density at radius 3 is 1.50 bits per heavy atom. The molecule has 4 heteroatoms. The molecule has 0 aliphatic heterocycles. The molecule has 0 amide bonds. The fourth-order valence-electron chi connectivity index (χ4n) is 0. The maximum Gasteiger partial charge on any atom is 0.271 e. The summed E-state index contributed by atoms with van der Waals surface area (Å²) in [7, 11) is 0.598. The van der Waals surface area contributed by atoms with E-state index < -0.39 is 5.97 Å². The Morgan fingerprint density at radius 1 is 1.33 bits per heavy atom. The summed E-state index contributed by atoms with van der Waals surface area (Å²) in [6.45, 7) is 0. The highest BCUT2D eigenvalue weighted by Gasteiger charge is 2.11. The lowest BCUT2D eigenvalue weighted by Crippen LogP contribution is -2.25. The van der Waals surface area contributed by atoms with Crippen molar-refractivity contribution in [3.8, 4) is 0 Å². The molecular formula is C2H8O3Si. The van der Waals surface area contributed by atoms with Crippen LogP contribution in [0.3, 0.4) is 0 Å². The van der Waals surface area contributed by atoms with Crippen molar-refractivity contribution in [1.29, 1.82) is 0 Å². The van der Waals surface area contributed by atoms with Crippen LogP contribution in [0, 0.1) is 0 Å². The largest absolute Gasteiger partial charge is 0.344 e. The second-order valence-electron chi connectivity index (χ2n) is 1.13. The standard InChI is InChI=1S/C2H8O3Si/c3-2(4,5)1-6/h3-5H,1H2,6H3. The molecule has 0 unspecified atom stereocenters. The summed E-state index contributed by atoms with van der Waals surface area (Å²) in [5.74, 6) is -2.40. The van der Waals surface area contributed by atoms with Crippen LogP contribution in [0.25, 0.3) is 0 Å². The number of rotatable bonds is 1. The fraction of sp³-hybridized carbons (Fsp3) is 1.00. The van der Waals surface area contributed by atoms with Gasteiger partial charge >= 0.3 is 0 Å². The summed E-state index contributed by atoms with van der Waals surface area (Å²) in [6, 6.07) is 0.0764. The smallest absolute Gasteiger partial charge is 0.271 e. The minimum Gasteiger partial charge on any atom is -0.344 e. The van der Waals surface area contributed by atoms with E-state index in [2.05, 4.69) is 0 Å². The van der Waals surface area contributed by atoms with Crippen molar-refractivity contribution in [3.05, 3.63) is 0 Å². The van der Waals surface area contributed by atoms with Crippen molar-refractivity contribution in [1.82, 2.24) is 0 Å². The molecule has 0 heterocycles. The third kappa shape index (κ3) is 4.10. The molecule has 0 rings (SSSR count). The Labute approximate surface area is 38.7 Å². The molecule has 6 heavy (non-hydrogen) atoms. The Balaban J connectivity index is 3.17. The maximum absolute atomic E-state index is 7.97. The van der Waals surface area contributed by atoms with Gasteiger partial charge in [0, 0.05) is 16.3 Å². The van der Waals surface area contributed by atoms with Gasteiger partial charge in [-0.15, -0.1) is 0 Å². The van der Waals surface area contributed by atoms with Crippen LogP contribution in [-0.4, -0.2) is 31.5 Å². The highest BCUT2D eigenvalue weighted by molar-refractivity contribution is 6.08. The molecule has 0 saturated carbocycles. The minimum absolute atomic E-state index is 0.0764. The van der Waals surface area contributed by atoms with Crippen molar-refractivity contribution in [3.63, 3.8) is 0 Å². The maximum atomic E-state index is 7.97. The fourth-order valence-corrected chi connectivity index (χ4v) is 0. The molecule has 0 radical (unpaired) electrons. The van der Waals surface area contributed by atoms with E-state index in [9.17, 15) is 0 Å². The molecule has 0 aliphatic carbocycles. The molecule has 38 valence electrons. The number of hydrogen-bond donors (Lipinski definition) is 3. The second-order valence-corrected chi connectivity index (χ2v) is 1.84. The van der Waals surface area contributed by atoms with Gasteiger partial charge in [-0.3, -0.25) is 0 Å². The van der Waals surface area contributed by atoms with Gasteiger partial charge in [0.25, 0.3) is 5.97 Å². The van der Waals surface area contributed by atoms with Crippen molar-refractivity contribution in [2.45, 2.75) is 12.0 Å². The molecule has 0 saturated heterocycles. The Kier molecular flexibility index (Phi) is 1.73. The average Bonchev–Trinajstić information content (AvgIpc) is 1.35. The van der Waals surface area contributed by atoms with Crippen LogP contribution in [0.1, 0.15) is 0 Å².